The fraction of sp³-hybridized carbons (Fsp3) is 0.486. The van der Waals surface area contributed by atoms with Crippen LogP contribution in [0.5, 0.6) is 0 Å². The maximum Gasteiger partial charge on any atom is 0.272 e. The second-order valence-electron chi connectivity index (χ2n) is 11.5. The monoisotopic (exact) mass is 674 g/mol. The van der Waals surface area contributed by atoms with E-state index in [-0.39, 0.29) is 24.6 Å². The molecule has 0 radical (unpaired) electrons. The number of amides is 3. The normalized spacial score (nSPS) is 11.0. The summed E-state index contributed by atoms with van der Waals surface area (Å²) in [6.07, 6.45) is 16.2. The molecule has 0 saturated heterocycles. The minimum absolute atomic E-state index is 0.122. The number of hydrogen-bond donors (Lipinski definition) is 2. The van der Waals surface area contributed by atoms with Crippen LogP contribution in [0.4, 0.5) is 0 Å². The molecule has 0 aliphatic rings. The smallest absolute Gasteiger partial charge is 0.272 e. The molecule has 7 nitrogen and oxygen atoms in total. The third kappa shape index (κ3) is 12.1. The van der Waals surface area contributed by atoms with Gasteiger partial charge in [-0.25, -0.2) is 4.68 Å². The first-order valence-corrected chi connectivity index (χ1v) is 17.3. The Balaban J connectivity index is 1.44. The zero-order valence-electron chi connectivity index (χ0n) is 26.4. The molecule has 2 N–H and O–H groups in total. The van der Waals surface area contributed by atoms with Gasteiger partial charge in [0.2, 0.25) is 11.8 Å². The van der Waals surface area contributed by atoms with E-state index in [4.69, 9.17) is 34.8 Å². The van der Waals surface area contributed by atoms with Gasteiger partial charge in [0.15, 0.2) is 5.69 Å². The molecule has 3 amide bonds. The molecule has 0 aliphatic carbocycles. The van der Waals surface area contributed by atoms with E-state index in [1.165, 1.54) is 64.2 Å². The van der Waals surface area contributed by atoms with E-state index in [2.05, 4.69) is 22.7 Å². The van der Waals surface area contributed by atoms with Crippen molar-refractivity contribution < 1.29 is 14.4 Å². The predicted octanol–water partition coefficient (Wildman–Crippen LogP) is 9.66. The zero-order chi connectivity index (χ0) is 32.6. The first kappa shape index (κ1) is 36.6. The molecule has 0 aliphatic heterocycles. The highest BCUT2D eigenvalue weighted by Crippen LogP contribution is 2.33. The number of rotatable bonds is 19. The SMILES string of the molecule is CCCCCCCCCCCCCCCC(=O)NC(=O)CNC(=O)c1nn(-c2ccc(Cl)cc2Cl)c(-c2ccc(Cl)cc2)c1C. The third-order valence-electron chi connectivity index (χ3n) is 7.79. The van der Waals surface area contributed by atoms with E-state index >= 15 is 0 Å². The highest BCUT2D eigenvalue weighted by Gasteiger charge is 2.24. The molecule has 0 fully saturated rings. The number of halogens is 3. The summed E-state index contributed by atoms with van der Waals surface area (Å²) >= 11 is 18.7. The van der Waals surface area contributed by atoms with Crippen LogP contribution in [0.15, 0.2) is 42.5 Å². The van der Waals surface area contributed by atoms with Crippen LogP contribution in [0.25, 0.3) is 16.9 Å². The highest BCUT2D eigenvalue weighted by atomic mass is 35.5. The van der Waals surface area contributed by atoms with E-state index in [1.807, 2.05) is 12.1 Å². The summed E-state index contributed by atoms with van der Waals surface area (Å²) < 4.78 is 1.57. The summed E-state index contributed by atoms with van der Waals surface area (Å²) in [5.74, 6) is -1.45. The van der Waals surface area contributed by atoms with Crippen molar-refractivity contribution in [1.29, 1.82) is 0 Å². The molecule has 10 heteroatoms. The standard InChI is InChI=1S/C35H45Cl3N4O3/c1-3-4-5-6-7-8-9-10-11-12-13-14-15-16-31(43)40-32(44)24-39-35(45)33-25(2)34(26-17-19-27(36)20-18-26)42(41-33)30-22-21-28(37)23-29(30)38/h17-23H,3-16,24H2,1-2H3,(H,39,45)(H,40,43,44). The molecule has 3 rings (SSSR count). The molecule has 1 aromatic heterocycles. The number of nitrogens with zero attached hydrogens (tertiary/aromatic N) is 2. The summed E-state index contributed by atoms with van der Waals surface area (Å²) in [6, 6.07) is 12.1. The number of unbranched alkanes of at least 4 members (excludes halogenated alkanes) is 12. The second-order valence-corrected chi connectivity index (χ2v) is 12.8. The summed E-state index contributed by atoms with van der Waals surface area (Å²) in [7, 11) is 0. The Morgan fingerprint density at radius 3 is 1.87 bits per heavy atom. The molecule has 0 atom stereocenters. The van der Waals surface area contributed by atoms with E-state index < -0.39 is 11.8 Å². The van der Waals surface area contributed by atoms with Gasteiger partial charge in [0.05, 0.1) is 22.9 Å². The van der Waals surface area contributed by atoms with Gasteiger partial charge in [-0.2, -0.15) is 5.10 Å². The van der Waals surface area contributed by atoms with Gasteiger partial charge in [-0.1, -0.05) is 131 Å². The van der Waals surface area contributed by atoms with Crippen LogP contribution in [0, 0.1) is 6.92 Å². The van der Waals surface area contributed by atoms with Gasteiger partial charge in [-0.15, -0.1) is 0 Å². The van der Waals surface area contributed by atoms with Crippen molar-refractivity contribution in [3.05, 3.63) is 68.8 Å². The number of nitrogens with one attached hydrogen (secondary N) is 2. The van der Waals surface area contributed by atoms with E-state index in [0.717, 1.165) is 24.8 Å². The summed E-state index contributed by atoms with van der Waals surface area (Å²) in [5, 5.41) is 10.9. The van der Waals surface area contributed by atoms with Crippen molar-refractivity contribution in [2.75, 3.05) is 6.54 Å². The largest absolute Gasteiger partial charge is 0.342 e. The van der Waals surface area contributed by atoms with Gasteiger partial charge in [-0.05, 0) is 43.7 Å². The molecule has 45 heavy (non-hydrogen) atoms. The Morgan fingerprint density at radius 2 is 1.29 bits per heavy atom. The van der Waals surface area contributed by atoms with Crippen molar-refractivity contribution >= 4 is 52.5 Å². The maximum absolute atomic E-state index is 13.2. The number of imide groups is 1. The van der Waals surface area contributed by atoms with Crippen LogP contribution in [-0.4, -0.2) is 34.0 Å². The molecular weight excluding hydrogens is 631 g/mol. The lowest BCUT2D eigenvalue weighted by atomic mass is 10.0. The van der Waals surface area contributed by atoms with Crippen molar-refractivity contribution in [3.8, 4) is 16.9 Å². The molecule has 0 unspecified atom stereocenters. The van der Waals surface area contributed by atoms with Gasteiger partial charge >= 0.3 is 0 Å². The lowest BCUT2D eigenvalue weighted by Crippen LogP contribution is -2.40. The summed E-state index contributed by atoms with van der Waals surface area (Å²) in [5.41, 5.74) is 2.64. The van der Waals surface area contributed by atoms with Gasteiger partial charge in [0.25, 0.3) is 5.91 Å². The van der Waals surface area contributed by atoms with Crippen molar-refractivity contribution in [1.82, 2.24) is 20.4 Å². The van der Waals surface area contributed by atoms with Crippen LogP contribution in [0.2, 0.25) is 15.1 Å². The maximum atomic E-state index is 13.2. The Labute approximate surface area is 282 Å². The number of aromatic nitrogens is 2. The lowest BCUT2D eigenvalue weighted by Gasteiger charge is -2.11. The fourth-order valence-corrected chi connectivity index (χ4v) is 5.91. The molecule has 0 bridgehead atoms. The first-order valence-electron chi connectivity index (χ1n) is 16.1. The molecule has 244 valence electrons. The van der Waals surface area contributed by atoms with Crippen LogP contribution in [-0.2, 0) is 9.59 Å². The molecule has 2 aromatic carbocycles. The molecular formula is C35H45Cl3N4O3. The van der Waals surface area contributed by atoms with Crippen LogP contribution < -0.4 is 10.6 Å². The zero-order valence-corrected chi connectivity index (χ0v) is 28.7. The van der Waals surface area contributed by atoms with Crippen molar-refractivity contribution in [2.45, 2.75) is 104 Å². The van der Waals surface area contributed by atoms with Gasteiger partial charge in [-0.3, -0.25) is 19.7 Å². The average Bonchev–Trinajstić information content (AvgIpc) is 3.35. The van der Waals surface area contributed by atoms with Gasteiger partial charge < -0.3 is 5.32 Å². The Hall–Kier alpha value is -2.87. The number of hydrogen-bond acceptors (Lipinski definition) is 4. The highest BCUT2D eigenvalue weighted by molar-refractivity contribution is 6.35. The molecule has 0 spiro atoms. The Bertz CT molecular complexity index is 1410. The van der Waals surface area contributed by atoms with E-state index in [9.17, 15) is 14.4 Å². The van der Waals surface area contributed by atoms with Crippen molar-refractivity contribution in [3.63, 3.8) is 0 Å². The van der Waals surface area contributed by atoms with E-state index in [0.29, 0.717) is 32.0 Å². The second kappa shape index (κ2) is 19.6. The number of carbonyl (C=O) groups is 3. The van der Waals surface area contributed by atoms with Crippen LogP contribution in [0.1, 0.15) is 113 Å². The van der Waals surface area contributed by atoms with Gasteiger partial charge in [0, 0.05) is 27.6 Å². The van der Waals surface area contributed by atoms with Crippen molar-refractivity contribution in [2.24, 2.45) is 0 Å². The minimum atomic E-state index is -0.571. The topological polar surface area (TPSA) is 93.1 Å². The molecule has 3 aromatic rings. The predicted molar refractivity (Wildman–Crippen MR) is 185 cm³/mol. The van der Waals surface area contributed by atoms with Crippen LogP contribution >= 0.6 is 34.8 Å². The first-order chi connectivity index (χ1) is 21.7. The van der Waals surface area contributed by atoms with Gasteiger partial charge in [0.1, 0.15) is 0 Å². The van der Waals surface area contributed by atoms with E-state index in [1.54, 1.807) is 41.9 Å². The Morgan fingerprint density at radius 1 is 0.733 bits per heavy atom. The lowest BCUT2D eigenvalue weighted by molar-refractivity contribution is -0.129. The summed E-state index contributed by atoms with van der Waals surface area (Å²) in [4.78, 5) is 37.8. The fourth-order valence-electron chi connectivity index (χ4n) is 5.30. The molecule has 1 heterocycles. The molecule has 0 saturated carbocycles. The summed E-state index contributed by atoms with van der Waals surface area (Å²) in [6.45, 7) is 3.66. The number of carbonyl (C=O) groups excluding carboxylic acids is 3. The Kier molecular flexibility index (Phi) is 15.9. The number of benzene rings is 2. The van der Waals surface area contributed by atoms with Crippen LogP contribution in [0.3, 0.4) is 0 Å². The average molecular weight is 676 g/mol. The minimum Gasteiger partial charge on any atom is -0.342 e. The third-order valence-corrected chi connectivity index (χ3v) is 8.58. The quantitative estimate of drug-likeness (QED) is 0.124.